The number of carbonyl (C=O) groups excluding carboxylic acids is 1. The molecule has 2 unspecified atom stereocenters. The Morgan fingerprint density at radius 2 is 1.70 bits per heavy atom. The topological polar surface area (TPSA) is 68.2 Å². The van der Waals surface area contributed by atoms with E-state index in [0.717, 1.165) is 6.42 Å². The van der Waals surface area contributed by atoms with E-state index in [4.69, 9.17) is 14.2 Å². The number of carbonyl (C=O) groups is 1. The summed E-state index contributed by atoms with van der Waals surface area (Å²) in [6, 6.07) is 16.6. The number of likely N-dealkylation sites (tertiary alicyclic amines) is 1. The van der Waals surface area contributed by atoms with E-state index >= 15 is 0 Å². The van der Waals surface area contributed by atoms with Crippen molar-refractivity contribution in [2.24, 2.45) is 5.92 Å². The lowest BCUT2D eigenvalue weighted by molar-refractivity contribution is -0.0416. The molecular formula is C24H29NO5. The Labute approximate surface area is 177 Å². The van der Waals surface area contributed by atoms with E-state index in [1.165, 1.54) is 22.3 Å². The Kier molecular flexibility index (Phi) is 6.67. The van der Waals surface area contributed by atoms with Crippen molar-refractivity contribution in [3.8, 4) is 11.1 Å². The predicted molar refractivity (Wildman–Crippen MR) is 113 cm³/mol. The number of ether oxygens (including phenoxy) is 3. The molecule has 1 heterocycles. The molecule has 30 heavy (non-hydrogen) atoms. The fraction of sp³-hybridized carbons (Fsp3) is 0.458. The SMILES string of the molecule is COCCOC1CC(CO)CN(C(=O)OCC2c3ccccc3-c3ccccc32)C1. The van der Waals surface area contributed by atoms with Crippen molar-refractivity contribution in [3.05, 3.63) is 59.7 Å². The Bertz CT molecular complexity index is 825. The zero-order valence-electron chi connectivity index (χ0n) is 17.3. The monoisotopic (exact) mass is 411 g/mol. The minimum atomic E-state index is -0.352. The summed E-state index contributed by atoms with van der Waals surface area (Å²) in [7, 11) is 1.63. The van der Waals surface area contributed by atoms with Gasteiger partial charge in [0, 0.05) is 32.1 Å². The molecule has 2 atom stereocenters. The van der Waals surface area contributed by atoms with Gasteiger partial charge in [0.1, 0.15) is 6.61 Å². The summed E-state index contributed by atoms with van der Waals surface area (Å²) in [4.78, 5) is 14.5. The summed E-state index contributed by atoms with van der Waals surface area (Å²) in [5.74, 6) is 0.0281. The fourth-order valence-corrected chi connectivity index (χ4v) is 4.54. The number of nitrogens with zero attached hydrogens (tertiary/aromatic N) is 1. The van der Waals surface area contributed by atoms with Crippen LogP contribution in [-0.4, -0.2) is 68.8 Å². The van der Waals surface area contributed by atoms with Gasteiger partial charge < -0.3 is 24.2 Å². The highest BCUT2D eigenvalue weighted by Gasteiger charge is 2.33. The first-order valence-electron chi connectivity index (χ1n) is 10.5. The van der Waals surface area contributed by atoms with E-state index in [0.29, 0.717) is 32.9 Å². The minimum Gasteiger partial charge on any atom is -0.448 e. The van der Waals surface area contributed by atoms with Crippen LogP contribution in [0.5, 0.6) is 0 Å². The molecule has 0 aromatic heterocycles. The van der Waals surface area contributed by atoms with Crippen LogP contribution in [0.1, 0.15) is 23.5 Å². The number of aliphatic hydroxyl groups is 1. The second-order valence-electron chi connectivity index (χ2n) is 7.98. The zero-order valence-corrected chi connectivity index (χ0v) is 17.3. The van der Waals surface area contributed by atoms with Crippen LogP contribution in [0.2, 0.25) is 0 Å². The maximum atomic E-state index is 12.9. The van der Waals surface area contributed by atoms with Crippen LogP contribution >= 0.6 is 0 Å². The molecule has 2 aromatic carbocycles. The van der Waals surface area contributed by atoms with Gasteiger partial charge in [0.15, 0.2) is 0 Å². The molecule has 0 bridgehead atoms. The third-order valence-electron chi connectivity index (χ3n) is 5.99. The van der Waals surface area contributed by atoms with Crippen LogP contribution in [0.3, 0.4) is 0 Å². The predicted octanol–water partition coefficient (Wildman–Crippen LogP) is 3.28. The molecule has 0 saturated carbocycles. The van der Waals surface area contributed by atoms with Gasteiger partial charge in [-0.05, 0) is 28.7 Å². The summed E-state index contributed by atoms with van der Waals surface area (Å²) < 4.78 is 16.6. The summed E-state index contributed by atoms with van der Waals surface area (Å²) in [6.45, 7) is 2.25. The molecule has 1 aliphatic heterocycles. The van der Waals surface area contributed by atoms with Gasteiger partial charge in [0.2, 0.25) is 0 Å². The summed E-state index contributed by atoms with van der Waals surface area (Å²) in [5, 5.41) is 9.64. The molecule has 0 spiro atoms. The second kappa shape index (κ2) is 9.60. The fourth-order valence-electron chi connectivity index (χ4n) is 4.54. The van der Waals surface area contributed by atoms with Crippen LogP contribution in [0, 0.1) is 5.92 Å². The second-order valence-corrected chi connectivity index (χ2v) is 7.98. The molecule has 6 nitrogen and oxygen atoms in total. The van der Waals surface area contributed by atoms with Crippen LogP contribution in [-0.2, 0) is 14.2 Å². The number of methoxy groups -OCH3 is 1. The first-order chi connectivity index (χ1) is 14.7. The number of amides is 1. The lowest BCUT2D eigenvalue weighted by Crippen LogP contribution is -2.48. The van der Waals surface area contributed by atoms with Crippen molar-refractivity contribution in [2.75, 3.05) is 46.6 Å². The summed E-state index contributed by atoms with van der Waals surface area (Å²) in [5.41, 5.74) is 4.80. The Morgan fingerprint density at radius 3 is 2.33 bits per heavy atom. The van der Waals surface area contributed by atoms with E-state index in [1.807, 2.05) is 24.3 Å². The standard InChI is InChI=1S/C24H29NO5/c1-28-10-11-29-18-12-17(15-26)13-25(14-18)24(27)30-16-23-21-8-4-2-6-19(21)20-7-3-5-9-22(20)23/h2-9,17-18,23,26H,10-16H2,1H3. The van der Waals surface area contributed by atoms with E-state index in [2.05, 4.69) is 24.3 Å². The molecule has 1 aliphatic carbocycles. The molecule has 2 aromatic rings. The average molecular weight is 411 g/mol. The normalized spacial score (nSPS) is 20.7. The van der Waals surface area contributed by atoms with Crippen molar-refractivity contribution in [3.63, 3.8) is 0 Å². The molecule has 2 aliphatic rings. The molecule has 160 valence electrons. The van der Waals surface area contributed by atoms with Gasteiger partial charge in [-0.2, -0.15) is 0 Å². The largest absolute Gasteiger partial charge is 0.448 e. The van der Waals surface area contributed by atoms with Gasteiger partial charge in [0.05, 0.1) is 25.9 Å². The van der Waals surface area contributed by atoms with E-state index in [1.54, 1.807) is 12.0 Å². The number of benzene rings is 2. The number of fused-ring (bicyclic) bond motifs is 3. The minimum absolute atomic E-state index is 0.00761. The van der Waals surface area contributed by atoms with Gasteiger partial charge in [-0.3, -0.25) is 0 Å². The molecule has 0 radical (unpaired) electrons. The highest BCUT2D eigenvalue weighted by molar-refractivity contribution is 5.79. The van der Waals surface area contributed by atoms with Crippen LogP contribution in [0.25, 0.3) is 11.1 Å². The number of aliphatic hydroxyl groups excluding tert-OH is 1. The molecular weight excluding hydrogens is 382 g/mol. The maximum Gasteiger partial charge on any atom is 0.409 e. The molecule has 1 fully saturated rings. The molecule has 1 amide bonds. The molecule has 1 saturated heterocycles. The van der Waals surface area contributed by atoms with Crippen LogP contribution in [0.4, 0.5) is 4.79 Å². The van der Waals surface area contributed by atoms with Gasteiger partial charge >= 0.3 is 6.09 Å². The Morgan fingerprint density at radius 1 is 1.03 bits per heavy atom. The van der Waals surface area contributed by atoms with Crippen molar-refractivity contribution in [1.29, 1.82) is 0 Å². The smallest absolute Gasteiger partial charge is 0.409 e. The van der Waals surface area contributed by atoms with E-state index in [9.17, 15) is 9.90 Å². The average Bonchev–Trinajstić information content (AvgIpc) is 3.11. The number of piperidine rings is 1. The van der Waals surface area contributed by atoms with E-state index < -0.39 is 0 Å². The van der Waals surface area contributed by atoms with Crippen molar-refractivity contribution >= 4 is 6.09 Å². The van der Waals surface area contributed by atoms with Gasteiger partial charge in [0.25, 0.3) is 0 Å². The number of hydrogen-bond acceptors (Lipinski definition) is 5. The van der Waals surface area contributed by atoms with Gasteiger partial charge in [-0.25, -0.2) is 4.79 Å². The van der Waals surface area contributed by atoms with Crippen LogP contribution in [0.15, 0.2) is 48.5 Å². The highest BCUT2D eigenvalue weighted by Crippen LogP contribution is 2.44. The zero-order chi connectivity index (χ0) is 20.9. The maximum absolute atomic E-state index is 12.9. The summed E-state index contributed by atoms with van der Waals surface area (Å²) in [6.07, 6.45) is 0.259. The van der Waals surface area contributed by atoms with Gasteiger partial charge in [-0.15, -0.1) is 0 Å². The third kappa shape index (κ3) is 4.36. The third-order valence-corrected chi connectivity index (χ3v) is 5.99. The lowest BCUT2D eigenvalue weighted by Gasteiger charge is -2.36. The van der Waals surface area contributed by atoms with Crippen molar-refractivity contribution < 1.29 is 24.1 Å². The first kappa shape index (κ1) is 20.8. The van der Waals surface area contributed by atoms with E-state index in [-0.39, 0.29) is 30.6 Å². The number of hydrogen-bond donors (Lipinski definition) is 1. The van der Waals surface area contributed by atoms with Gasteiger partial charge in [-0.1, -0.05) is 48.5 Å². The molecule has 6 heteroatoms. The molecule has 1 N–H and O–H groups in total. The quantitative estimate of drug-likeness (QED) is 0.708. The van der Waals surface area contributed by atoms with Crippen molar-refractivity contribution in [2.45, 2.75) is 18.4 Å². The summed E-state index contributed by atoms with van der Waals surface area (Å²) >= 11 is 0. The lowest BCUT2D eigenvalue weighted by atomic mass is 9.97. The first-order valence-corrected chi connectivity index (χ1v) is 10.5. The number of rotatable bonds is 7. The van der Waals surface area contributed by atoms with Crippen molar-refractivity contribution in [1.82, 2.24) is 4.90 Å². The molecule has 4 rings (SSSR count). The highest BCUT2D eigenvalue weighted by atomic mass is 16.6. The Hall–Kier alpha value is -2.41. The Balaban J connectivity index is 1.41. The van der Waals surface area contributed by atoms with Crippen LogP contribution < -0.4 is 0 Å².